The van der Waals surface area contributed by atoms with E-state index in [4.69, 9.17) is 0 Å². The van der Waals surface area contributed by atoms with Crippen molar-refractivity contribution in [2.75, 3.05) is 18.0 Å². The maximum Gasteiger partial charge on any atom is 0.0556 e. The van der Waals surface area contributed by atoms with Crippen LogP contribution < -0.4 is 4.90 Å². The molecule has 0 bridgehead atoms. The van der Waals surface area contributed by atoms with Crippen LogP contribution in [0, 0.1) is 0 Å². The van der Waals surface area contributed by atoms with Crippen molar-refractivity contribution in [3.8, 4) is 0 Å². The third-order valence-electron chi connectivity index (χ3n) is 5.67. The van der Waals surface area contributed by atoms with Crippen molar-refractivity contribution in [1.29, 1.82) is 0 Å². The molecule has 0 radical (unpaired) electrons. The summed E-state index contributed by atoms with van der Waals surface area (Å²) < 4.78 is 1.14. The summed E-state index contributed by atoms with van der Waals surface area (Å²) in [6.45, 7) is 2.18. The van der Waals surface area contributed by atoms with Gasteiger partial charge in [0.25, 0.3) is 0 Å². The molecule has 2 aliphatic heterocycles. The second kappa shape index (κ2) is 8.29. The van der Waals surface area contributed by atoms with Gasteiger partial charge in [-0.15, -0.1) is 0 Å². The highest BCUT2D eigenvalue weighted by atomic mass is 79.9. The molecule has 4 heteroatoms. The van der Waals surface area contributed by atoms with E-state index in [1.807, 2.05) is 11.8 Å². The van der Waals surface area contributed by atoms with Gasteiger partial charge in [0, 0.05) is 33.4 Å². The molecular weight excluding hydrogens is 440 g/mol. The second-order valence-electron chi connectivity index (χ2n) is 7.55. The number of para-hydroxylation sites is 1. The summed E-state index contributed by atoms with van der Waals surface area (Å²) in [5.74, 6) is 0. The zero-order valence-electron chi connectivity index (χ0n) is 16.2. The third kappa shape index (κ3) is 3.96. The standard InChI is InChI=1S/C25H23BrN2S/c26-20-10-11-23-25(18-20)29-24-9-5-4-8-22(24)28(23)21-13-16-27(17-14-21)15-12-19-6-2-1-3-7-19/h1-12,15,18,21H,13-14,16-17H2. The second-order valence-corrected chi connectivity index (χ2v) is 9.54. The first-order valence-electron chi connectivity index (χ1n) is 10.1. The van der Waals surface area contributed by atoms with E-state index in [9.17, 15) is 0 Å². The fraction of sp³-hybridized carbons (Fsp3) is 0.200. The molecule has 146 valence electrons. The fourth-order valence-corrected chi connectivity index (χ4v) is 5.83. The Morgan fingerprint density at radius 2 is 1.55 bits per heavy atom. The van der Waals surface area contributed by atoms with Crippen LogP contribution in [0.2, 0.25) is 0 Å². The lowest BCUT2D eigenvalue weighted by Gasteiger charge is -2.42. The van der Waals surface area contributed by atoms with Gasteiger partial charge >= 0.3 is 0 Å². The van der Waals surface area contributed by atoms with Gasteiger partial charge in [-0.3, -0.25) is 0 Å². The van der Waals surface area contributed by atoms with Gasteiger partial charge in [-0.1, -0.05) is 70.2 Å². The van der Waals surface area contributed by atoms with Gasteiger partial charge in [0.05, 0.1) is 11.4 Å². The molecule has 0 N–H and O–H groups in total. The van der Waals surface area contributed by atoms with Crippen LogP contribution in [-0.2, 0) is 0 Å². The van der Waals surface area contributed by atoms with Gasteiger partial charge in [0.15, 0.2) is 0 Å². The lowest BCUT2D eigenvalue weighted by atomic mass is 10.0. The molecule has 5 rings (SSSR count). The van der Waals surface area contributed by atoms with Crippen LogP contribution in [0.3, 0.4) is 0 Å². The van der Waals surface area contributed by atoms with Crippen LogP contribution in [-0.4, -0.2) is 24.0 Å². The van der Waals surface area contributed by atoms with E-state index in [2.05, 4.69) is 111 Å². The topological polar surface area (TPSA) is 6.48 Å². The molecule has 1 fully saturated rings. The van der Waals surface area contributed by atoms with Crippen LogP contribution in [0.4, 0.5) is 11.4 Å². The molecule has 0 atom stereocenters. The number of anilines is 2. The first-order valence-corrected chi connectivity index (χ1v) is 11.7. The summed E-state index contributed by atoms with van der Waals surface area (Å²) in [7, 11) is 0. The summed E-state index contributed by atoms with van der Waals surface area (Å²) in [6, 6.07) is 26.6. The minimum absolute atomic E-state index is 0.526. The van der Waals surface area contributed by atoms with E-state index >= 15 is 0 Å². The molecule has 1 saturated heterocycles. The summed E-state index contributed by atoms with van der Waals surface area (Å²) in [5.41, 5.74) is 3.96. The van der Waals surface area contributed by atoms with Crippen LogP contribution in [0.1, 0.15) is 18.4 Å². The molecule has 3 aromatic rings. The minimum atomic E-state index is 0.526. The quantitative estimate of drug-likeness (QED) is 0.406. The molecule has 0 aromatic heterocycles. The molecule has 2 nitrogen and oxygen atoms in total. The Labute approximate surface area is 185 Å². The molecule has 0 aliphatic carbocycles. The monoisotopic (exact) mass is 462 g/mol. The van der Waals surface area contributed by atoms with Crippen molar-refractivity contribution >= 4 is 45.1 Å². The predicted octanol–water partition coefficient (Wildman–Crippen LogP) is 7.19. The van der Waals surface area contributed by atoms with Crippen LogP contribution in [0.15, 0.2) is 93.3 Å². The van der Waals surface area contributed by atoms with Crippen molar-refractivity contribution in [3.63, 3.8) is 0 Å². The Bertz CT molecular complexity index is 1030. The van der Waals surface area contributed by atoms with Crippen molar-refractivity contribution in [1.82, 2.24) is 4.90 Å². The summed E-state index contributed by atoms with van der Waals surface area (Å²) >= 11 is 5.52. The SMILES string of the molecule is Brc1ccc2c(c1)Sc1ccccc1N2C1CCN(C=Cc2ccccc2)CC1. The summed E-state index contributed by atoms with van der Waals surface area (Å²) in [6.07, 6.45) is 6.80. The van der Waals surface area contributed by atoms with E-state index in [1.165, 1.54) is 26.7 Å². The van der Waals surface area contributed by atoms with Crippen LogP contribution in [0.25, 0.3) is 6.08 Å². The Kier molecular flexibility index (Phi) is 5.38. The number of benzene rings is 3. The number of fused-ring (bicyclic) bond motifs is 2. The largest absolute Gasteiger partial charge is 0.377 e. The van der Waals surface area contributed by atoms with Crippen molar-refractivity contribution in [2.24, 2.45) is 0 Å². The van der Waals surface area contributed by atoms with Crippen molar-refractivity contribution in [3.05, 3.63) is 89.0 Å². The molecular formula is C25H23BrN2S. The number of halogens is 1. The van der Waals surface area contributed by atoms with Crippen LogP contribution in [0.5, 0.6) is 0 Å². The summed E-state index contributed by atoms with van der Waals surface area (Å²) in [5, 5.41) is 0. The summed E-state index contributed by atoms with van der Waals surface area (Å²) in [4.78, 5) is 7.73. The molecule has 3 aromatic carbocycles. The molecule has 0 unspecified atom stereocenters. The first kappa shape index (κ1) is 18.8. The number of hydrogen-bond acceptors (Lipinski definition) is 3. The molecule has 2 aliphatic rings. The average molecular weight is 463 g/mol. The zero-order valence-corrected chi connectivity index (χ0v) is 18.6. The van der Waals surface area contributed by atoms with Gasteiger partial charge in [0.1, 0.15) is 0 Å². The number of hydrogen-bond donors (Lipinski definition) is 0. The lowest BCUT2D eigenvalue weighted by Crippen LogP contribution is -2.42. The smallest absolute Gasteiger partial charge is 0.0556 e. The first-order chi connectivity index (χ1) is 14.3. The van der Waals surface area contributed by atoms with E-state index < -0.39 is 0 Å². The number of nitrogens with zero attached hydrogens (tertiary/aromatic N) is 2. The maximum absolute atomic E-state index is 3.64. The Morgan fingerprint density at radius 1 is 0.828 bits per heavy atom. The Hall–Kier alpha value is -2.17. The molecule has 2 heterocycles. The van der Waals surface area contributed by atoms with Gasteiger partial charge in [-0.05, 0) is 61.0 Å². The average Bonchev–Trinajstić information content (AvgIpc) is 2.77. The minimum Gasteiger partial charge on any atom is -0.377 e. The molecule has 0 spiro atoms. The zero-order chi connectivity index (χ0) is 19.6. The normalized spacial score (nSPS) is 16.7. The van der Waals surface area contributed by atoms with Crippen molar-refractivity contribution < 1.29 is 0 Å². The number of rotatable bonds is 3. The van der Waals surface area contributed by atoms with Gasteiger partial charge in [0.2, 0.25) is 0 Å². The highest BCUT2D eigenvalue weighted by Crippen LogP contribution is 2.50. The number of piperidine rings is 1. The van der Waals surface area contributed by atoms with Crippen LogP contribution >= 0.6 is 27.7 Å². The number of likely N-dealkylation sites (tertiary alicyclic amines) is 1. The van der Waals surface area contributed by atoms with Crippen molar-refractivity contribution in [2.45, 2.75) is 28.7 Å². The Morgan fingerprint density at radius 3 is 2.38 bits per heavy atom. The lowest BCUT2D eigenvalue weighted by molar-refractivity contribution is 0.284. The van der Waals surface area contributed by atoms with Gasteiger partial charge in [-0.25, -0.2) is 0 Å². The van der Waals surface area contributed by atoms with E-state index in [1.54, 1.807) is 0 Å². The molecule has 29 heavy (non-hydrogen) atoms. The molecule has 0 amide bonds. The van der Waals surface area contributed by atoms with Gasteiger partial charge < -0.3 is 9.80 Å². The Balaban J connectivity index is 1.36. The fourth-order valence-electron chi connectivity index (χ4n) is 4.20. The van der Waals surface area contributed by atoms with E-state index in [0.717, 1.165) is 30.4 Å². The molecule has 0 saturated carbocycles. The van der Waals surface area contributed by atoms with Gasteiger partial charge in [-0.2, -0.15) is 0 Å². The highest BCUT2D eigenvalue weighted by Gasteiger charge is 2.31. The van der Waals surface area contributed by atoms with E-state index in [0.29, 0.717) is 6.04 Å². The third-order valence-corrected chi connectivity index (χ3v) is 7.27. The van der Waals surface area contributed by atoms with E-state index in [-0.39, 0.29) is 0 Å². The highest BCUT2D eigenvalue weighted by molar-refractivity contribution is 9.10. The maximum atomic E-state index is 3.64. The predicted molar refractivity (Wildman–Crippen MR) is 127 cm³/mol.